The van der Waals surface area contributed by atoms with Crippen molar-refractivity contribution in [3.63, 3.8) is 0 Å². The number of halogens is 1. The number of aryl methyl sites for hydroxylation is 1. The van der Waals surface area contributed by atoms with Gasteiger partial charge in [0.25, 0.3) is 0 Å². The zero-order valence-electron chi connectivity index (χ0n) is 15.8. The molecule has 8 heteroatoms. The van der Waals surface area contributed by atoms with Crippen LogP contribution in [0.4, 0.5) is 0 Å². The van der Waals surface area contributed by atoms with Crippen LogP contribution < -0.4 is 4.74 Å². The summed E-state index contributed by atoms with van der Waals surface area (Å²) in [5, 5.41) is 10.3. The maximum Gasteiger partial charge on any atom is 0.192 e. The second-order valence-corrected chi connectivity index (χ2v) is 7.55. The minimum atomic E-state index is 0.328. The van der Waals surface area contributed by atoms with E-state index < -0.39 is 0 Å². The minimum Gasteiger partial charge on any atom is -0.484 e. The van der Waals surface area contributed by atoms with Gasteiger partial charge in [-0.15, -0.1) is 10.2 Å². The van der Waals surface area contributed by atoms with Gasteiger partial charge in [-0.25, -0.2) is 4.98 Å². The van der Waals surface area contributed by atoms with E-state index in [9.17, 15) is 0 Å². The first-order chi connectivity index (χ1) is 13.1. The third-order valence-corrected chi connectivity index (χ3v) is 5.74. The first kappa shape index (κ1) is 19.8. The van der Waals surface area contributed by atoms with Crippen LogP contribution in [-0.2, 0) is 19.4 Å². The fraction of sp³-hybridized carbons (Fsp3) is 0.421. The Morgan fingerprint density at radius 2 is 1.93 bits per heavy atom. The number of hydrogen-bond donors (Lipinski definition) is 0. The molecule has 0 spiro atoms. The molecule has 144 valence electrons. The number of para-hydroxylation sites is 1. The predicted octanol–water partition coefficient (Wildman–Crippen LogP) is 4.90. The summed E-state index contributed by atoms with van der Waals surface area (Å²) < 4.78 is 10.1. The molecule has 0 radical (unpaired) electrons. The summed E-state index contributed by atoms with van der Waals surface area (Å²) in [6.45, 7) is 4.69. The molecule has 3 rings (SSSR count). The Kier molecular flexibility index (Phi) is 6.79. The average molecular weight is 406 g/mol. The summed E-state index contributed by atoms with van der Waals surface area (Å²) in [7, 11) is 2.00. The number of ether oxygens (including phenoxy) is 1. The third kappa shape index (κ3) is 4.65. The molecular weight excluding hydrogens is 382 g/mol. The molecule has 0 amide bonds. The number of rotatable bonds is 9. The van der Waals surface area contributed by atoms with E-state index in [1.807, 2.05) is 48.3 Å². The van der Waals surface area contributed by atoms with Crippen LogP contribution in [0.2, 0.25) is 5.02 Å². The van der Waals surface area contributed by atoms with E-state index in [0.717, 1.165) is 35.4 Å². The SMILES string of the molecule is CCC(CC)n1c(COc2ccccc2Cl)nnc1SCc1nccn1C. The first-order valence-electron chi connectivity index (χ1n) is 9.04. The van der Waals surface area contributed by atoms with Crippen LogP contribution in [0, 0.1) is 0 Å². The fourth-order valence-electron chi connectivity index (χ4n) is 2.89. The maximum atomic E-state index is 6.19. The quantitative estimate of drug-likeness (QED) is 0.474. The van der Waals surface area contributed by atoms with Crippen molar-refractivity contribution in [2.24, 2.45) is 7.05 Å². The molecule has 6 nitrogen and oxygen atoms in total. The van der Waals surface area contributed by atoms with Gasteiger partial charge in [-0.05, 0) is 25.0 Å². The highest BCUT2D eigenvalue weighted by Gasteiger charge is 2.20. The summed E-state index contributed by atoms with van der Waals surface area (Å²) in [5.74, 6) is 3.21. The summed E-state index contributed by atoms with van der Waals surface area (Å²) in [6, 6.07) is 7.79. The molecule has 0 fully saturated rings. The van der Waals surface area contributed by atoms with Crippen LogP contribution in [0.15, 0.2) is 41.8 Å². The lowest BCUT2D eigenvalue weighted by atomic mass is 10.2. The molecule has 0 atom stereocenters. The molecule has 0 saturated heterocycles. The van der Waals surface area contributed by atoms with Crippen molar-refractivity contribution < 1.29 is 4.74 Å². The molecule has 27 heavy (non-hydrogen) atoms. The number of nitrogens with zero attached hydrogens (tertiary/aromatic N) is 5. The molecule has 0 N–H and O–H groups in total. The lowest BCUT2D eigenvalue weighted by Gasteiger charge is -2.19. The molecule has 1 aromatic carbocycles. The monoisotopic (exact) mass is 405 g/mol. The maximum absolute atomic E-state index is 6.19. The van der Waals surface area contributed by atoms with Gasteiger partial charge in [0, 0.05) is 25.5 Å². The zero-order valence-corrected chi connectivity index (χ0v) is 17.4. The second-order valence-electron chi connectivity index (χ2n) is 6.20. The normalized spacial score (nSPS) is 11.3. The van der Waals surface area contributed by atoms with Crippen LogP contribution in [0.3, 0.4) is 0 Å². The summed E-state index contributed by atoms with van der Waals surface area (Å²) in [6.07, 6.45) is 5.77. The molecule has 0 aliphatic rings. The van der Waals surface area contributed by atoms with Crippen molar-refractivity contribution in [1.29, 1.82) is 0 Å². The van der Waals surface area contributed by atoms with E-state index >= 15 is 0 Å². The highest BCUT2D eigenvalue weighted by Crippen LogP contribution is 2.29. The third-order valence-electron chi connectivity index (χ3n) is 4.49. The number of thioether (sulfide) groups is 1. The number of benzene rings is 1. The highest BCUT2D eigenvalue weighted by molar-refractivity contribution is 7.98. The molecule has 0 aliphatic heterocycles. The van der Waals surface area contributed by atoms with Crippen LogP contribution in [-0.4, -0.2) is 24.3 Å². The topological polar surface area (TPSA) is 57.8 Å². The zero-order chi connectivity index (χ0) is 19.2. The molecule has 0 unspecified atom stereocenters. The van der Waals surface area contributed by atoms with E-state index in [0.29, 0.717) is 23.4 Å². The number of aromatic nitrogens is 5. The van der Waals surface area contributed by atoms with Gasteiger partial charge in [0.1, 0.15) is 18.2 Å². The van der Waals surface area contributed by atoms with Crippen LogP contribution >= 0.6 is 23.4 Å². The first-order valence-corrected chi connectivity index (χ1v) is 10.4. The summed E-state index contributed by atoms with van der Waals surface area (Å²) in [4.78, 5) is 4.38. The molecule has 0 aliphatic carbocycles. The lowest BCUT2D eigenvalue weighted by molar-refractivity contribution is 0.278. The largest absolute Gasteiger partial charge is 0.484 e. The molecule has 3 aromatic rings. The van der Waals surface area contributed by atoms with Crippen molar-refractivity contribution in [2.75, 3.05) is 0 Å². The van der Waals surface area contributed by atoms with E-state index in [1.165, 1.54) is 0 Å². The Labute approximate surface area is 168 Å². The van der Waals surface area contributed by atoms with Gasteiger partial charge >= 0.3 is 0 Å². The van der Waals surface area contributed by atoms with E-state index in [-0.39, 0.29) is 0 Å². The molecule has 2 aromatic heterocycles. The van der Waals surface area contributed by atoms with E-state index in [2.05, 4.69) is 33.6 Å². The fourth-order valence-corrected chi connectivity index (χ4v) is 4.11. The molecule has 0 bridgehead atoms. The lowest BCUT2D eigenvalue weighted by Crippen LogP contribution is -2.14. The highest BCUT2D eigenvalue weighted by atomic mass is 35.5. The van der Waals surface area contributed by atoms with Crippen molar-refractivity contribution in [3.05, 3.63) is 53.3 Å². The van der Waals surface area contributed by atoms with Crippen molar-refractivity contribution >= 4 is 23.4 Å². The van der Waals surface area contributed by atoms with Gasteiger partial charge in [0.05, 0.1) is 10.8 Å². The second kappa shape index (κ2) is 9.28. The van der Waals surface area contributed by atoms with Crippen molar-refractivity contribution in [1.82, 2.24) is 24.3 Å². The molecule has 0 saturated carbocycles. The van der Waals surface area contributed by atoms with Crippen LogP contribution in [0.5, 0.6) is 5.75 Å². The molecular formula is C19H24ClN5OS. The Morgan fingerprint density at radius 1 is 1.15 bits per heavy atom. The Balaban J connectivity index is 1.79. The summed E-state index contributed by atoms with van der Waals surface area (Å²) in [5.41, 5.74) is 0. The molecule has 2 heterocycles. The average Bonchev–Trinajstić information content (AvgIpc) is 3.27. The van der Waals surface area contributed by atoms with Crippen molar-refractivity contribution in [2.45, 2.75) is 50.2 Å². The van der Waals surface area contributed by atoms with Gasteiger partial charge in [-0.1, -0.05) is 49.3 Å². The summed E-state index contributed by atoms with van der Waals surface area (Å²) >= 11 is 7.84. The van der Waals surface area contributed by atoms with Gasteiger partial charge in [0.2, 0.25) is 0 Å². The van der Waals surface area contributed by atoms with Gasteiger partial charge in [0.15, 0.2) is 11.0 Å². The Morgan fingerprint density at radius 3 is 2.59 bits per heavy atom. The predicted molar refractivity (Wildman–Crippen MR) is 108 cm³/mol. The smallest absolute Gasteiger partial charge is 0.192 e. The van der Waals surface area contributed by atoms with Crippen LogP contribution in [0.25, 0.3) is 0 Å². The Hall–Kier alpha value is -1.99. The minimum absolute atomic E-state index is 0.328. The number of imidazole rings is 1. The van der Waals surface area contributed by atoms with Crippen molar-refractivity contribution in [3.8, 4) is 5.75 Å². The Bertz CT molecular complexity index is 875. The standard InChI is InChI=1S/C19H24ClN5OS/c1-4-14(5-2)25-17(12-26-16-9-7-6-8-15(16)20)22-23-19(25)27-13-18-21-10-11-24(18)3/h6-11,14H,4-5,12-13H2,1-3H3. The van der Waals surface area contributed by atoms with Crippen LogP contribution in [0.1, 0.15) is 44.4 Å². The van der Waals surface area contributed by atoms with Gasteiger partial charge in [-0.3, -0.25) is 0 Å². The van der Waals surface area contributed by atoms with Gasteiger partial charge in [-0.2, -0.15) is 0 Å². The number of hydrogen-bond acceptors (Lipinski definition) is 5. The van der Waals surface area contributed by atoms with E-state index in [1.54, 1.807) is 11.8 Å². The van der Waals surface area contributed by atoms with E-state index in [4.69, 9.17) is 16.3 Å². The van der Waals surface area contributed by atoms with Gasteiger partial charge < -0.3 is 13.9 Å².